The normalized spacial score (nSPS) is 32.8. The molecule has 0 spiro atoms. The minimum Gasteiger partial charge on any atom is -0.230 e. The minimum atomic E-state index is -0.392. The monoisotopic (exact) mass is 538 g/mol. The molecule has 0 N–H and O–H groups in total. The zero-order valence-electron chi connectivity index (χ0n) is 27.9. The number of hydrogen-bond acceptors (Lipinski definition) is 4. The summed E-state index contributed by atoms with van der Waals surface area (Å²) in [6.07, 6.45) is 9.34. The molecule has 4 heteroatoms. The van der Waals surface area contributed by atoms with E-state index in [1.807, 2.05) is 0 Å². The van der Waals surface area contributed by atoms with Crippen molar-refractivity contribution in [2.45, 2.75) is 171 Å². The second-order valence-corrected chi connectivity index (χ2v) is 16.5. The van der Waals surface area contributed by atoms with E-state index in [4.69, 9.17) is 19.6 Å². The zero-order chi connectivity index (χ0) is 29.1. The molecule has 2 rings (SSSR count). The lowest BCUT2D eigenvalue weighted by atomic mass is 9.60. The second-order valence-electron chi connectivity index (χ2n) is 16.5. The van der Waals surface area contributed by atoms with Crippen molar-refractivity contribution in [1.29, 1.82) is 0 Å². The van der Waals surface area contributed by atoms with E-state index in [1.54, 1.807) is 0 Å². The van der Waals surface area contributed by atoms with E-state index in [9.17, 15) is 0 Å². The molecule has 2 aliphatic rings. The van der Waals surface area contributed by atoms with Crippen LogP contribution in [0.4, 0.5) is 0 Å². The second kappa shape index (κ2) is 13.2. The topological polar surface area (TPSA) is 36.9 Å². The fourth-order valence-corrected chi connectivity index (χ4v) is 7.32. The Morgan fingerprint density at radius 3 is 1.11 bits per heavy atom. The van der Waals surface area contributed by atoms with Crippen LogP contribution in [0.1, 0.15) is 148 Å². The first-order valence-electron chi connectivity index (χ1n) is 16.0. The highest BCUT2D eigenvalue weighted by atomic mass is 17.2. The Hall–Kier alpha value is -0.160. The van der Waals surface area contributed by atoms with Crippen LogP contribution in [0.2, 0.25) is 0 Å². The molecule has 0 saturated heterocycles. The summed E-state index contributed by atoms with van der Waals surface area (Å²) in [5, 5.41) is 0. The van der Waals surface area contributed by atoms with E-state index in [-0.39, 0.29) is 11.2 Å². The Morgan fingerprint density at radius 2 is 0.842 bits per heavy atom. The molecule has 0 aliphatic heterocycles. The van der Waals surface area contributed by atoms with Gasteiger partial charge in [0, 0.05) is 0 Å². The molecule has 2 fully saturated rings. The number of hydrogen-bond donors (Lipinski definition) is 0. The molecule has 0 aromatic rings. The van der Waals surface area contributed by atoms with E-state index < -0.39 is 11.2 Å². The van der Waals surface area contributed by atoms with Gasteiger partial charge in [-0.15, -0.1) is 0 Å². The summed E-state index contributed by atoms with van der Waals surface area (Å²) in [6.45, 7) is 31.5. The molecule has 0 aromatic heterocycles. The van der Waals surface area contributed by atoms with Gasteiger partial charge in [-0.05, 0) is 141 Å². The van der Waals surface area contributed by atoms with Crippen molar-refractivity contribution >= 4 is 0 Å². The Kier molecular flexibility index (Phi) is 11.8. The molecule has 0 bridgehead atoms. The van der Waals surface area contributed by atoms with Crippen molar-refractivity contribution in [3.8, 4) is 0 Å². The average Bonchev–Trinajstić information content (AvgIpc) is 2.78. The van der Waals surface area contributed by atoms with Gasteiger partial charge in [0.05, 0.1) is 11.2 Å². The van der Waals surface area contributed by atoms with Gasteiger partial charge in [0.15, 0.2) is 0 Å². The summed E-state index contributed by atoms with van der Waals surface area (Å²) in [5.41, 5.74) is -1.50. The number of rotatable bonds is 11. The molecule has 0 aromatic carbocycles. The molecule has 38 heavy (non-hydrogen) atoms. The van der Waals surface area contributed by atoms with Gasteiger partial charge in [0.2, 0.25) is 0 Å². The third-order valence-electron chi connectivity index (χ3n) is 9.70. The van der Waals surface area contributed by atoms with Crippen LogP contribution in [0, 0.1) is 47.3 Å². The molecule has 4 nitrogen and oxygen atoms in total. The maximum atomic E-state index is 6.59. The highest BCUT2D eigenvalue weighted by Crippen LogP contribution is 2.51. The first-order valence-corrected chi connectivity index (χ1v) is 16.0. The van der Waals surface area contributed by atoms with E-state index in [2.05, 4.69) is 96.9 Å². The maximum Gasteiger partial charge on any atom is 0.104 e. The smallest absolute Gasteiger partial charge is 0.104 e. The van der Waals surface area contributed by atoms with Crippen molar-refractivity contribution in [2.75, 3.05) is 0 Å². The van der Waals surface area contributed by atoms with Crippen LogP contribution in [-0.2, 0) is 19.6 Å². The van der Waals surface area contributed by atoms with Crippen molar-refractivity contribution in [3.63, 3.8) is 0 Å². The van der Waals surface area contributed by atoms with Crippen molar-refractivity contribution in [3.05, 3.63) is 0 Å². The lowest BCUT2D eigenvalue weighted by Gasteiger charge is -2.50. The highest BCUT2D eigenvalue weighted by Gasteiger charge is 2.50. The zero-order valence-corrected chi connectivity index (χ0v) is 27.9. The lowest BCUT2D eigenvalue weighted by molar-refractivity contribution is -0.429. The summed E-state index contributed by atoms with van der Waals surface area (Å²) in [5.74, 6) is 4.85. The third-order valence-corrected chi connectivity index (χ3v) is 9.70. The fourth-order valence-electron chi connectivity index (χ4n) is 7.32. The van der Waals surface area contributed by atoms with E-state index in [0.717, 1.165) is 12.8 Å². The van der Waals surface area contributed by atoms with Crippen LogP contribution in [-0.4, -0.2) is 22.4 Å². The van der Waals surface area contributed by atoms with Crippen molar-refractivity contribution in [1.82, 2.24) is 0 Å². The molecule has 226 valence electrons. The fraction of sp³-hybridized carbons (Fsp3) is 1.00. The van der Waals surface area contributed by atoms with Crippen LogP contribution in [0.3, 0.4) is 0 Å². The van der Waals surface area contributed by atoms with Crippen LogP contribution in [0.5, 0.6) is 0 Å². The van der Waals surface area contributed by atoms with Gasteiger partial charge >= 0.3 is 0 Å². The van der Waals surface area contributed by atoms with Crippen LogP contribution < -0.4 is 0 Å². The minimum absolute atomic E-state index is 0.356. The molecule has 0 heterocycles. The summed E-state index contributed by atoms with van der Waals surface area (Å²) in [6, 6.07) is 0. The predicted molar refractivity (Wildman–Crippen MR) is 160 cm³/mol. The average molecular weight is 539 g/mol. The van der Waals surface area contributed by atoms with Crippen molar-refractivity contribution < 1.29 is 19.6 Å². The van der Waals surface area contributed by atoms with Gasteiger partial charge < -0.3 is 0 Å². The summed E-state index contributed by atoms with van der Waals surface area (Å²) < 4.78 is 0. The Bertz CT molecular complexity index is 644. The van der Waals surface area contributed by atoms with Gasteiger partial charge in [-0.2, -0.15) is 0 Å². The van der Waals surface area contributed by atoms with Crippen LogP contribution in [0.15, 0.2) is 0 Å². The lowest BCUT2D eigenvalue weighted by Crippen LogP contribution is -2.51. The van der Waals surface area contributed by atoms with Crippen LogP contribution >= 0.6 is 0 Å². The quantitative estimate of drug-likeness (QED) is 0.194. The van der Waals surface area contributed by atoms with E-state index in [0.29, 0.717) is 47.3 Å². The van der Waals surface area contributed by atoms with Gasteiger partial charge in [0.25, 0.3) is 0 Å². The molecule has 0 amide bonds. The van der Waals surface area contributed by atoms with Crippen LogP contribution in [0.25, 0.3) is 0 Å². The van der Waals surface area contributed by atoms with Gasteiger partial charge in [-0.25, -0.2) is 19.6 Å². The van der Waals surface area contributed by atoms with E-state index >= 15 is 0 Å². The molecular weight excluding hydrogens is 472 g/mol. The standard InChI is InChI=1S/C34H66O4/c1-23(2)27-17-15-25(5)21-29(27)33(13,37-35-31(7,8)9)19-20-34(14,38-36-32(10,11)12)30-22-26(6)16-18-28(30)24(3)4/h23-30H,15-22H2,1-14H3. The Morgan fingerprint density at radius 1 is 0.526 bits per heavy atom. The molecule has 8 unspecified atom stereocenters. The Labute approximate surface area is 237 Å². The summed E-state index contributed by atoms with van der Waals surface area (Å²) >= 11 is 0. The Balaban J connectivity index is 2.44. The first kappa shape index (κ1) is 34.0. The predicted octanol–water partition coefficient (Wildman–Crippen LogP) is 10.2. The first-order chi connectivity index (χ1) is 17.3. The molecule has 8 atom stereocenters. The SMILES string of the molecule is CC1CCC(C(C)C)C(C(C)(CCC(C)(OOC(C)(C)C)C2CC(C)CCC2C(C)C)OOC(C)(C)C)C1. The third kappa shape index (κ3) is 9.74. The molecule has 2 aliphatic carbocycles. The van der Waals surface area contributed by atoms with E-state index in [1.165, 1.54) is 38.5 Å². The van der Waals surface area contributed by atoms with Crippen molar-refractivity contribution in [2.24, 2.45) is 47.3 Å². The molecular formula is C34H66O4. The van der Waals surface area contributed by atoms with Gasteiger partial charge in [0.1, 0.15) is 11.2 Å². The van der Waals surface area contributed by atoms with Gasteiger partial charge in [-0.1, -0.05) is 54.4 Å². The summed E-state index contributed by atoms with van der Waals surface area (Å²) in [4.78, 5) is 25.5. The molecule has 2 saturated carbocycles. The highest BCUT2D eigenvalue weighted by molar-refractivity contribution is 4.98. The molecule has 0 radical (unpaired) electrons. The summed E-state index contributed by atoms with van der Waals surface area (Å²) in [7, 11) is 0. The van der Waals surface area contributed by atoms with Gasteiger partial charge in [-0.3, -0.25) is 0 Å². The largest absolute Gasteiger partial charge is 0.230 e. The maximum absolute atomic E-state index is 6.59.